The molecule has 0 radical (unpaired) electrons. The zero-order valence-electron chi connectivity index (χ0n) is 21.7. The van der Waals surface area contributed by atoms with Gasteiger partial charge in [-0.15, -0.1) is 0 Å². The quantitative estimate of drug-likeness (QED) is 0.267. The summed E-state index contributed by atoms with van der Waals surface area (Å²) in [7, 11) is 3.91. The number of carbonyl (C=O) groups is 2. The van der Waals surface area contributed by atoms with E-state index in [2.05, 4.69) is 0 Å². The Hall–Kier alpha value is -3.52. The molecule has 1 fully saturated rings. The number of carbonyl (C=O) groups excluding carboxylic acids is 2. The summed E-state index contributed by atoms with van der Waals surface area (Å²) in [4.78, 5) is 30.0. The van der Waals surface area contributed by atoms with E-state index in [1.54, 1.807) is 36.4 Å². The summed E-state index contributed by atoms with van der Waals surface area (Å²) in [6.45, 7) is 8.19. The molecule has 1 saturated heterocycles. The van der Waals surface area contributed by atoms with Crippen LogP contribution in [0.25, 0.3) is 5.76 Å². The minimum Gasteiger partial charge on any atom is -0.507 e. The second-order valence-electron chi connectivity index (χ2n) is 8.68. The van der Waals surface area contributed by atoms with Gasteiger partial charge in [-0.05, 0) is 89.8 Å². The van der Waals surface area contributed by atoms with Gasteiger partial charge in [0, 0.05) is 12.1 Å². The summed E-state index contributed by atoms with van der Waals surface area (Å²) >= 11 is 0. The molecule has 1 aliphatic heterocycles. The maximum atomic E-state index is 13.3. The molecule has 8 heteroatoms. The van der Waals surface area contributed by atoms with Crippen molar-refractivity contribution in [1.29, 1.82) is 0 Å². The zero-order chi connectivity index (χ0) is 26.2. The summed E-state index contributed by atoms with van der Waals surface area (Å²) in [6, 6.07) is 11.4. The SMILES string of the molecule is CCOc1ccc(/C(O)=C2\C(=O)C(=O)N(CCCN(C)C)[C@@H]2c2ccc(OCC)c(OCC)c2)cc1. The number of benzene rings is 2. The third-order valence-electron chi connectivity index (χ3n) is 5.87. The van der Waals surface area contributed by atoms with Gasteiger partial charge in [0.15, 0.2) is 11.5 Å². The number of Topliss-reactive ketones (excluding diaryl/α,β-unsaturated/α-hetero) is 1. The number of ketones is 1. The Bertz CT molecular complexity index is 1090. The van der Waals surface area contributed by atoms with E-state index in [-0.39, 0.29) is 11.3 Å². The minimum atomic E-state index is -0.756. The Balaban J connectivity index is 2.11. The van der Waals surface area contributed by atoms with Crippen LogP contribution in [0, 0.1) is 0 Å². The van der Waals surface area contributed by atoms with Crippen LogP contribution in [0.2, 0.25) is 0 Å². The molecule has 2 aromatic carbocycles. The first-order valence-electron chi connectivity index (χ1n) is 12.4. The highest BCUT2D eigenvalue weighted by molar-refractivity contribution is 6.46. The van der Waals surface area contributed by atoms with Crippen LogP contribution in [0.4, 0.5) is 0 Å². The van der Waals surface area contributed by atoms with E-state index in [0.29, 0.717) is 61.2 Å². The minimum absolute atomic E-state index is 0.0561. The van der Waals surface area contributed by atoms with Crippen molar-refractivity contribution in [2.45, 2.75) is 33.2 Å². The first-order valence-corrected chi connectivity index (χ1v) is 12.4. The molecule has 36 heavy (non-hydrogen) atoms. The average Bonchev–Trinajstić information content (AvgIpc) is 3.10. The Morgan fingerprint density at radius 2 is 1.56 bits per heavy atom. The molecular formula is C28H36N2O6. The number of hydrogen-bond donors (Lipinski definition) is 1. The summed E-state index contributed by atoms with van der Waals surface area (Å²) in [5, 5.41) is 11.3. The number of nitrogens with zero attached hydrogens (tertiary/aromatic N) is 2. The molecule has 0 aliphatic carbocycles. The van der Waals surface area contributed by atoms with Crippen molar-refractivity contribution >= 4 is 17.4 Å². The maximum Gasteiger partial charge on any atom is 0.295 e. The predicted molar refractivity (Wildman–Crippen MR) is 139 cm³/mol. The van der Waals surface area contributed by atoms with E-state index < -0.39 is 17.7 Å². The number of aliphatic hydroxyl groups is 1. The highest BCUT2D eigenvalue weighted by Gasteiger charge is 2.46. The first-order chi connectivity index (χ1) is 17.3. The molecule has 1 heterocycles. The summed E-state index contributed by atoms with van der Waals surface area (Å²) in [5.41, 5.74) is 1.16. The van der Waals surface area contributed by atoms with E-state index in [1.807, 2.05) is 45.8 Å². The molecule has 2 aromatic rings. The summed E-state index contributed by atoms with van der Waals surface area (Å²) < 4.78 is 17.0. The third-order valence-corrected chi connectivity index (χ3v) is 5.87. The molecule has 194 valence electrons. The molecule has 1 amide bonds. The van der Waals surface area contributed by atoms with Gasteiger partial charge in [-0.3, -0.25) is 9.59 Å². The largest absolute Gasteiger partial charge is 0.507 e. The Morgan fingerprint density at radius 1 is 0.917 bits per heavy atom. The Labute approximate surface area is 213 Å². The molecule has 0 bridgehead atoms. The van der Waals surface area contributed by atoms with Gasteiger partial charge in [-0.25, -0.2) is 0 Å². The highest BCUT2D eigenvalue weighted by Crippen LogP contribution is 2.42. The number of amides is 1. The number of rotatable bonds is 12. The fourth-order valence-electron chi connectivity index (χ4n) is 4.28. The standard InChI is InChI=1S/C28H36N2O6/c1-6-34-21-13-10-19(11-14-21)26(31)24-25(30(28(33)27(24)32)17-9-16-29(4)5)20-12-15-22(35-7-2)23(18-20)36-8-3/h10-15,18,25,31H,6-9,16-17H2,1-5H3/b26-24+/t25-/m1/s1. The van der Waals surface area contributed by atoms with Crippen molar-refractivity contribution in [3.63, 3.8) is 0 Å². The summed E-state index contributed by atoms with van der Waals surface area (Å²) in [6.07, 6.45) is 0.676. The van der Waals surface area contributed by atoms with Gasteiger partial charge in [0.05, 0.1) is 31.4 Å². The molecule has 0 spiro atoms. The molecule has 1 N–H and O–H groups in total. The molecule has 0 saturated carbocycles. The topological polar surface area (TPSA) is 88.5 Å². The lowest BCUT2D eigenvalue weighted by Gasteiger charge is -2.26. The van der Waals surface area contributed by atoms with Crippen molar-refractivity contribution in [2.75, 3.05) is 47.0 Å². The van der Waals surface area contributed by atoms with Crippen molar-refractivity contribution in [2.24, 2.45) is 0 Å². The van der Waals surface area contributed by atoms with Crippen LogP contribution in [-0.2, 0) is 9.59 Å². The van der Waals surface area contributed by atoms with Crippen LogP contribution in [0.5, 0.6) is 17.2 Å². The van der Waals surface area contributed by atoms with Gasteiger partial charge in [0.1, 0.15) is 11.5 Å². The monoisotopic (exact) mass is 496 g/mol. The molecule has 0 unspecified atom stereocenters. The normalized spacial score (nSPS) is 17.1. The maximum absolute atomic E-state index is 13.3. The van der Waals surface area contributed by atoms with Crippen LogP contribution in [-0.4, -0.2) is 73.6 Å². The zero-order valence-corrected chi connectivity index (χ0v) is 21.7. The van der Waals surface area contributed by atoms with Crippen LogP contribution in [0.3, 0.4) is 0 Å². The van der Waals surface area contributed by atoms with Gasteiger partial charge in [-0.2, -0.15) is 0 Å². The van der Waals surface area contributed by atoms with Gasteiger partial charge < -0.3 is 29.1 Å². The smallest absolute Gasteiger partial charge is 0.295 e. The second kappa shape index (κ2) is 12.4. The van der Waals surface area contributed by atoms with Gasteiger partial charge in [-0.1, -0.05) is 6.07 Å². The highest BCUT2D eigenvalue weighted by atomic mass is 16.5. The van der Waals surface area contributed by atoms with E-state index in [1.165, 1.54) is 4.90 Å². The second-order valence-corrected chi connectivity index (χ2v) is 8.68. The lowest BCUT2D eigenvalue weighted by molar-refractivity contribution is -0.139. The lowest BCUT2D eigenvalue weighted by Crippen LogP contribution is -2.32. The van der Waals surface area contributed by atoms with E-state index in [9.17, 15) is 14.7 Å². The van der Waals surface area contributed by atoms with Gasteiger partial charge >= 0.3 is 0 Å². The Kier molecular flexibility index (Phi) is 9.36. The van der Waals surface area contributed by atoms with Gasteiger partial charge in [0.2, 0.25) is 0 Å². The average molecular weight is 497 g/mol. The Morgan fingerprint density at radius 3 is 2.17 bits per heavy atom. The van der Waals surface area contributed by atoms with Crippen LogP contribution in [0.15, 0.2) is 48.0 Å². The van der Waals surface area contributed by atoms with Crippen LogP contribution < -0.4 is 14.2 Å². The van der Waals surface area contributed by atoms with E-state index in [0.717, 1.165) is 6.54 Å². The number of hydrogen-bond acceptors (Lipinski definition) is 7. The fourth-order valence-corrected chi connectivity index (χ4v) is 4.28. The van der Waals surface area contributed by atoms with E-state index in [4.69, 9.17) is 14.2 Å². The molecule has 1 aliphatic rings. The van der Waals surface area contributed by atoms with Crippen LogP contribution in [0.1, 0.15) is 44.4 Å². The number of aliphatic hydroxyl groups excluding tert-OH is 1. The number of ether oxygens (including phenoxy) is 3. The van der Waals surface area contributed by atoms with Crippen LogP contribution >= 0.6 is 0 Å². The van der Waals surface area contributed by atoms with Crippen molar-refractivity contribution in [1.82, 2.24) is 9.80 Å². The van der Waals surface area contributed by atoms with Crippen molar-refractivity contribution in [3.05, 3.63) is 59.2 Å². The van der Waals surface area contributed by atoms with Gasteiger partial charge in [0.25, 0.3) is 11.7 Å². The fraction of sp³-hybridized carbons (Fsp3) is 0.429. The number of likely N-dealkylation sites (tertiary alicyclic amines) is 1. The molecule has 0 aromatic heterocycles. The molecule has 1 atom stereocenters. The third kappa shape index (κ3) is 5.99. The van der Waals surface area contributed by atoms with Crippen molar-refractivity contribution in [3.8, 4) is 17.2 Å². The first kappa shape index (κ1) is 27.1. The molecule has 3 rings (SSSR count). The molecule has 8 nitrogen and oxygen atoms in total. The van der Waals surface area contributed by atoms with E-state index >= 15 is 0 Å². The summed E-state index contributed by atoms with van der Waals surface area (Å²) in [5.74, 6) is 0.211. The van der Waals surface area contributed by atoms with Crippen molar-refractivity contribution < 1.29 is 28.9 Å². The lowest BCUT2D eigenvalue weighted by atomic mass is 9.95. The molecular weight excluding hydrogens is 460 g/mol. The predicted octanol–water partition coefficient (Wildman–Crippen LogP) is 4.26.